The smallest absolute Gasteiger partial charge is 0.267 e. The molecule has 0 fully saturated rings. The van der Waals surface area contributed by atoms with Crippen molar-refractivity contribution in [3.8, 4) is 0 Å². The van der Waals surface area contributed by atoms with E-state index in [1.54, 1.807) is 0 Å². The van der Waals surface area contributed by atoms with Gasteiger partial charge in [0.2, 0.25) is 0 Å². The van der Waals surface area contributed by atoms with Crippen LogP contribution in [0, 0.1) is 5.41 Å². The van der Waals surface area contributed by atoms with Crippen molar-refractivity contribution in [1.29, 1.82) is 0 Å². The highest BCUT2D eigenvalue weighted by Crippen LogP contribution is 2.34. The van der Waals surface area contributed by atoms with Crippen molar-refractivity contribution < 1.29 is 9.90 Å². The number of rotatable bonds is 7. The molecule has 0 bridgehead atoms. The Morgan fingerprint density at radius 2 is 1.83 bits per heavy atom. The Morgan fingerprint density at radius 1 is 1.17 bits per heavy atom. The zero-order valence-electron chi connectivity index (χ0n) is 15.0. The average Bonchev–Trinajstić information content (AvgIpc) is 3.05. The summed E-state index contributed by atoms with van der Waals surface area (Å²) in [6, 6.07) is 14.0. The molecule has 1 aromatic heterocycles. The Balaban J connectivity index is 2.16. The van der Waals surface area contributed by atoms with Crippen LogP contribution in [-0.4, -0.2) is 28.7 Å². The Morgan fingerprint density at radius 3 is 2.42 bits per heavy atom. The summed E-state index contributed by atoms with van der Waals surface area (Å²) in [4.78, 5) is 12.6. The molecule has 4 nitrogen and oxygen atoms in total. The van der Waals surface area contributed by atoms with Crippen LogP contribution in [0.15, 0.2) is 48.7 Å². The summed E-state index contributed by atoms with van der Waals surface area (Å²) in [5, 5.41) is 12.8. The van der Waals surface area contributed by atoms with Gasteiger partial charge in [-0.25, -0.2) is 0 Å². The number of hydrogen-bond acceptors (Lipinski definition) is 2. The summed E-state index contributed by atoms with van der Waals surface area (Å²) in [5.74, 6) is -0.0431. The van der Waals surface area contributed by atoms with Crippen LogP contribution in [0.25, 0.3) is 0 Å². The third kappa shape index (κ3) is 4.06. The Labute approximate surface area is 144 Å². The molecule has 24 heavy (non-hydrogen) atoms. The van der Waals surface area contributed by atoms with Gasteiger partial charge in [0.05, 0.1) is 0 Å². The topological polar surface area (TPSA) is 54.3 Å². The minimum absolute atomic E-state index is 0.0371. The Kier molecular flexibility index (Phi) is 5.84. The summed E-state index contributed by atoms with van der Waals surface area (Å²) >= 11 is 0. The minimum Gasteiger partial charge on any atom is -0.396 e. The van der Waals surface area contributed by atoms with E-state index < -0.39 is 0 Å². The maximum Gasteiger partial charge on any atom is 0.267 e. The number of carbonyl (C=O) groups is 1. The lowest BCUT2D eigenvalue weighted by molar-refractivity contribution is 0.0910. The molecule has 0 saturated heterocycles. The molecule has 0 radical (unpaired) electrons. The molecule has 2 aromatic rings. The van der Waals surface area contributed by atoms with Gasteiger partial charge in [-0.2, -0.15) is 0 Å². The maximum absolute atomic E-state index is 12.6. The van der Waals surface area contributed by atoms with E-state index >= 15 is 0 Å². The van der Waals surface area contributed by atoms with Crippen LogP contribution in [0.3, 0.4) is 0 Å². The summed E-state index contributed by atoms with van der Waals surface area (Å²) in [6.45, 7) is 8.70. The quantitative estimate of drug-likeness (QED) is 0.816. The van der Waals surface area contributed by atoms with E-state index in [0.29, 0.717) is 12.2 Å². The summed E-state index contributed by atoms with van der Waals surface area (Å²) in [6.07, 6.45) is 1.92. The van der Waals surface area contributed by atoms with Crippen molar-refractivity contribution in [2.24, 2.45) is 5.41 Å². The van der Waals surface area contributed by atoms with Gasteiger partial charge in [-0.05, 0) is 37.0 Å². The number of aromatic nitrogens is 1. The highest BCUT2D eigenvalue weighted by molar-refractivity contribution is 5.92. The molecule has 1 heterocycles. The van der Waals surface area contributed by atoms with Gasteiger partial charge in [0, 0.05) is 31.3 Å². The van der Waals surface area contributed by atoms with Crippen LogP contribution in [0.5, 0.6) is 0 Å². The first kappa shape index (κ1) is 18.3. The summed E-state index contributed by atoms with van der Waals surface area (Å²) in [5.41, 5.74) is 1.46. The SMILES string of the molecule is CC(C)n1cccc1C(=O)NCC(c1ccccc1)C(C)(C)CO. The molecule has 0 aliphatic heterocycles. The van der Waals surface area contributed by atoms with Crippen molar-refractivity contribution in [1.82, 2.24) is 9.88 Å². The number of aliphatic hydroxyl groups excluding tert-OH is 1. The molecule has 130 valence electrons. The molecule has 0 spiro atoms. The first-order valence-corrected chi connectivity index (χ1v) is 8.47. The van der Waals surface area contributed by atoms with Crippen LogP contribution in [0.2, 0.25) is 0 Å². The number of nitrogens with one attached hydrogen (secondary N) is 1. The van der Waals surface area contributed by atoms with Gasteiger partial charge in [0.15, 0.2) is 0 Å². The average molecular weight is 328 g/mol. The fourth-order valence-corrected chi connectivity index (χ4v) is 2.96. The fourth-order valence-electron chi connectivity index (χ4n) is 2.96. The second kappa shape index (κ2) is 7.67. The normalized spacial score (nSPS) is 13.1. The summed E-state index contributed by atoms with van der Waals surface area (Å²) < 4.78 is 1.96. The predicted molar refractivity (Wildman–Crippen MR) is 97.2 cm³/mol. The molecule has 4 heteroatoms. The van der Waals surface area contributed by atoms with Gasteiger partial charge in [-0.1, -0.05) is 44.2 Å². The Hall–Kier alpha value is -2.07. The van der Waals surface area contributed by atoms with Crippen molar-refractivity contribution in [3.63, 3.8) is 0 Å². The lowest BCUT2D eigenvalue weighted by atomic mass is 9.75. The van der Waals surface area contributed by atoms with Crippen molar-refractivity contribution in [3.05, 3.63) is 59.9 Å². The standard InChI is InChI=1S/C20H28N2O2/c1-15(2)22-12-8-11-18(22)19(24)21-13-17(20(3,4)14-23)16-9-6-5-7-10-16/h5-12,15,17,23H,13-14H2,1-4H3,(H,21,24). The molecule has 1 amide bonds. The van der Waals surface area contributed by atoms with Crippen molar-refractivity contribution >= 4 is 5.91 Å². The largest absolute Gasteiger partial charge is 0.396 e. The molecule has 0 saturated carbocycles. The van der Waals surface area contributed by atoms with E-state index in [1.165, 1.54) is 0 Å². The van der Waals surface area contributed by atoms with Gasteiger partial charge in [0.1, 0.15) is 5.69 Å². The molecule has 2 N–H and O–H groups in total. The third-order valence-electron chi connectivity index (χ3n) is 4.59. The number of carbonyl (C=O) groups excluding carboxylic acids is 1. The molecule has 0 aliphatic carbocycles. The molecule has 1 unspecified atom stereocenters. The molecular formula is C20H28N2O2. The summed E-state index contributed by atoms with van der Waals surface area (Å²) in [7, 11) is 0. The fraction of sp³-hybridized carbons (Fsp3) is 0.450. The van der Waals surface area contributed by atoms with E-state index in [0.717, 1.165) is 5.56 Å². The van der Waals surface area contributed by atoms with E-state index in [1.807, 2.05) is 67.1 Å². The van der Waals surface area contributed by atoms with Crippen LogP contribution < -0.4 is 5.32 Å². The highest BCUT2D eigenvalue weighted by Gasteiger charge is 2.30. The molecular weight excluding hydrogens is 300 g/mol. The van der Waals surface area contributed by atoms with Crippen molar-refractivity contribution in [2.75, 3.05) is 13.2 Å². The van der Waals surface area contributed by atoms with Crippen LogP contribution in [0.1, 0.15) is 55.7 Å². The van der Waals surface area contributed by atoms with E-state index in [4.69, 9.17) is 0 Å². The van der Waals surface area contributed by atoms with E-state index in [-0.39, 0.29) is 29.9 Å². The zero-order valence-corrected chi connectivity index (χ0v) is 15.0. The Bertz CT molecular complexity index is 659. The molecule has 2 rings (SSSR count). The number of nitrogens with zero attached hydrogens (tertiary/aromatic N) is 1. The van der Waals surface area contributed by atoms with E-state index in [2.05, 4.69) is 19.2 Å². The number of benzene rings is 1. The zero-order chi connectivity index (χ0) is 17.7. The molecule has 1 aromatic carbocycles. The highest BCUT2D eigenvalue weighted by atomic mass is 16.3. The van der Waals surface area contributed by atoms with Gasteiger partial charge in [-0.3, -0.25) is 4.79 Å². The number of aliphatic hydroxyl groups is 1. The minimum atomic E-state index is -0.325. The third-order valence-corrected chi connectivity index (χ3v) is 4.59. The maximum atomic E-state index is 12.6. The van der Waals surface area contributed by atoms with Crippen molar-refractivity contribution in [2.45, 2.75) is 39.7 Å². The van der Waals surface area contributed by atoms with Crippen LogP contribution in [-0.2, 0) is 0 Å². The van der Waals surface area contributed by atoms with Crippen LogP contribution >= 0.6 is 0 Å². The molecule has 1 atom stereocenters. The predicted octanol–water partition coefficient (Wildman–Crippen LogP) is 3.60. The first-order chi connectivity index (χ1) is 11.4. The van der Waals surface area contributed by atoms with Gasteiger partial charge < -0.3 is 15.0 Å². The van der Waals surface area contributed by atoms with Crippen LogP contribution in [0.4, 0.5) is 0 Å². The second-order valence-corrected chi connectivity index (χ2v) is 7.21. The number of amides is 1. The number of hydrogen-bond donors (Lipinski definition) is 2. The second-order valence-electron chi connectivity index (χ2n) is 7.21. The lowest BCUT2D eigenvalue weighted by Crippen LogP contribution is -2.37. The van der Waals surface area contributed by atoms with E-state index in [9.17, 15) is 9.90 Å². The molecule has 0 aliphatic rings. The lowest BCUT2D eigenvalue weighted by Gasteiger charge is -2.33. The van der Waals surface area contributed by atoms with Gasteiger partial charge in [-0.15, -0.1) is 0 Å². The first-order valence-electron chi connectivity index (χ1n) is 8.47. The monoisotopic (exact) mass is 328 g/mol. The van der Waals surface area contributed by atoms with Gasteiger partial charge in [0.25, 0.3) is 5.91 Å². The van der Waals surface area contributed by atoms with Gasteiger partial charge >= 0.3 is 0 Å².